The molecule has 0 aliphatic heterocycles. The van der Waals surface area contributed by atoms with E-state index in [1.807, 2.05) is 12.1 Å². The van der Waals surface area contributed by atoms with Crippen molar-refractivity contribution in [1.82, 2.24) is 0 Å². The van der Waals surface area contributed by atoms with Gasteiger partial charge >= 0.3 is 8.80 Å². The first kappa shape index (κ1) is 15.2. The summed E-state index contributed by atoms with van der Waals surface area (Å²) in [7, 11) is 3.94. The zero-order chi connectivity index (χ0) is 13.8. The molecule has 0 unspecified atom stereocenters. The van der Waals surface area contributed by atoms with Crippen molar-refractivity contribution < 1.29 is 18.0 Å². The van der Waals surface area contributed by atoms with Crippen molar-refractivity contribution in [3.05, 3.63) is 28.8 Å². The molecule has 0 aliphatic carbocycles. The molecule has 0 saturated heterocycles. The van der Waals surface area contributed by atoms with Crippen LogP contribution < -0.4 is 4.74 Å². The summed E-state index contributed by atoms with van der Waals surface area (Å²) in [6.45, 7) is 4.15. The zero-order valence-corrected chi connectivity index (χ0v) is 13.0. The Kier molecular flexibility index (Phi) is 5.34. The molecule has 0 bridgehead atoms. The highest BCUT2D eigenvalue weighted by Crippen LogP contribution is 2.25. The predicted molar refractivity (Wildman–Crippen MR) is 73.0 cm³/mol. The number of rotatable bonds is 6. The molecule has 102 valence electrons. The third-order valence-electron chi connectivity index (χ3n) is 3.32. The maximum absolute atomic E-state index is 5.46. The van der Waals surface area contributed by atoms with Gasteiger partial charge in [0.2, 0.25) is 0 Å². The van der Waals surface area contributed by atoms with Gasteiger partial charge < -0.3 is 18.0 Å². The van der Waals surface area contributed by atoms with Crippen molar-refractivity contribution in [2.75, 3.05) is 28.4 Å². The summed E-state index contributed by atoms with van der Waals surface area (Å²) in [6, 6.07) is 4.68. The van der Waals surface area contributed by atoms with Crippen LogP contribution in [0.15, 0.2) is 12.1 Å². The van der Waals surface area contributed by atoms with Crippen LogP contribution in [0.3, 0.4) is 0 Å². The van der Waals surface area contributed by atoms with Crippen LogP contribution in [-0.4, -0.2) is 37.2 Å². The number of hydrogen-bond acceptors (Lipinski definition) is 4. The Labute approximate surface area is 110 Å². The molecule has 0 saturated carbocycles. The molecule has 0 N–H and O–H groups in total. The fourth-order valence-electron chi connectivity index (χ4n) is 1.90. The molecule has 18 heavy (non-hydrogen) atoms. The van der Waals surface area contributed by atoms with Gasteiger partial charge in [0.05, 0.1) is 7.11 Å². The molecule has 0 fully saturated rings. The minimum absolute atomic E-state index is 0.639. The first-order valence-corrected chi connectivity index (χ1v) is 7.74. The van der Waals surface area contributed by atoms with E-state index in [2.05, 4.69) is 13.8 Å². The van der Waals surface area contributed by atoms with Gasteiger partial charge in [-0.1, -0.05) is 0 Å². The van der Waals surface area contributed by atoms with Crippen molar-refractivity contribution in [3.63, 3.8) is 0 Å². The molecule has 1 aromatic carbocycles. The second kappa shape index (κ2) is 6.33. The highest BCUT2D eigenvalue weighted by Gasteiger charge is 2.38. The van der Waals surface area contributed by atoms with E-state index in [1.165, 1.54) is 11.1 Å². The Morgan fingerprint density at radius 3 is 1.94 bits per heavy atom. The van der Waals surface area contributed by atoms with E-state index in [0.717, 1.165) is 11.3 Å². The molecule has 0 atom stereocenters. The summed E-state index contributed by atoms with van der Waals surface area (Å²) in [4.78, 5) is 0. The Hall–Kier alpha value is -0.883. The van der Waals surface area contributed by atoms with Crippen LogP contribution in [0.1, 0.15) is 16.7 Å². The molecule has 0 aromatic heterocycles. The topological polar surface area (TPSA) is 36.9 Å². The van der Waals surface area contributed by atoms with Crippen LogP contribution in [0.25, 0.3) is 0 Å². The van der Waals surface area contributed by atoms with E-state index in [1.54, 1.807) is 28.4 Å². The Balaban J connectivity index is 3.13. The lowest BCUT2D eigenvalue weighted by Gasteiger charge is -2.25. The van der Waals surface area contributed by atoms with Crippen molar-refractivity contribution in [2.45, 2.75) is 19.9 Å². The van der Waals surface area contributed by atoms with E-state index in [4.69, 9.17) is 18.0 Å². The first-order valence-electron chi connectivity index (χ1n) is 5.81. The highest BCUT2D eigenvalue weighted by molar-refractivity contribution is 6.60. The molecule has 0 amide bonds. The summed E-state index contributed by atoms with van der Waals surface area (Å²) >= 11 is 0. The SMILES string of the molecule is COc1cc(C)c(C)c(C[Si](OC)(OC)OC)c1. The fourth-order valence-corrected chi connectivity index (χ4v) is 3.66. The second-order valence-electron chi connectivity index (χ2n) is 4.20. The lowest BCUT2D eigenvalue weighted by Crippen LogP contribution is -2.45. The number of benzene rings is 1. The summed E-state index contributed by atoms with van der Waals surface area (Å²) in [5.74, 6) is 0.847. The smallest absolute Gasteiger partial charge is 0.497 e. The number of aryl methyl sites for hydroxylation is 1. The molecule has 0 radical (unpaired) electrons. The van der Waals surface area contributed by atoms with Gasteiger partial charge in [-0.3, -0.25) is 0 Å². The molecule has 4 nitrogen and oxygen atoms in total. The summed E-state index contributed by atoms with van der Waals surface area (Å²) in [5, 5.41) is 0. The van der Waals surface area contributed by atoms with Crippen LogP contribution >= 0.6 is 0 Å². The average Bonchev–Trinajstić information content (AvgIpc) is 2.40. The van der Waals surface area contributed by atoms with Gasteiger partial charge in [0.25, 0.3) is 0 Å². The van der Waals surface area contributed by atoms with Crippen LogP contribution in [0, 0.1) is 13.8 Å². The molecular formula is C13H22O4Si. The molecule has 1 rings (SSSR count). The van der Waals surface area contributed by atoms with E-state index in [-0.39, 0.29) is 0 Å². The molecular weight excluding hydrogens is 248 g/mol. The second-order valence-corrected chi connectivity index (χ2v) is 7.14. The van der Waals surface area contributed by atoms with E-state index >= 15 is 0 Å². The Morgan fingerprint density at radius 2 is 1.50 bits per heavy atom. The van der Waals surface area contributed by atoms with Gasteiger partial charge in [-0.15, -0.1) is 0 Å². The Bertz CT molecular complexity index is 394. The summed E-state index contributed by atoms with van der Waals surface area (Å²) in [6.07, 6.45) is 0. The summed E-state index contributed by atoms with van der Waals surface area (Å²) < 4.78 is 21.7. The van der Waals surface area contributed by atoms with Gasteiger partial charge in [-0.2, -0.15) is 0 Å². The minimum Gasteiger partial charge on any atom is -0.497 e. The van der Waals surface area contributed by atoms with E-state index in [9.17, 15) is 0 Å². The number of ether oxygens (including phenoxy) is 1. The predicted octanol–water partition coefficient (Wildman–Crippen LogP) is 2.27. The standard InChI is InChI=1S/C13H22O4Si/c1-10-7-13(14-3)8-12(11(10)2)9-18(15-4,16-5)17-6/h7-8H,9H2,1-6H3. The highest BCUT2D eigenvalue weighted by atomic mass is 28.4. The third-order valence-corrected chi connectivity index (χ3v) is 6.00. The maximum atomic E-state index is 5.46. The van der Waals surface area contributed by atoms with Crippen LogP contribution in [-0.2, 0) is 19.3 Å². The van der Waals surface area contributed by atoms with Crippen molar-refractivity contribution in [2.24, 2.45) is 0 Å². The van der Waals surface area contributed by atoms with E-state index < -0.39 is 8.80 Å². The Morgan fingerprint density at radius 1 is 0.944 bits per heavy atom. The van der Waals surface area contributed by atoms with Crippen molar-refractivity contribution in [3.8, 4) is 5.75 Å². The van der Waals surface area contributed by atoms with Gasteiger partial charge in [0.1, 0.15) is 5.75 Å². The maximum Gasteiger partial charge on any atom is 0.504 e. The van der Waals surface area contributed by atoms with Gasteiger partial charge in [-0.05, 0) is 42.7 Å². The van der Waals surface area contributed by atoms with Gasteiger partial charge in [-0.25, -0.2) is 0 Å². The monoisotopic (exact) mass is 270 g/mol. The van der Waals surface area contributed by atoms with Crippen LogP contribution in [0.4, 0.5) is 0 Å². The average molecular weight is 270 g/mol. The first-order chi connectivity index (χ1) is 8.51. The van der Waals surface area contributed by atoms with Gasteiger partial charge in [0, 0.05) is 27.4 Å². The summed E-state index contributed by atoms with van der Waals surface area (Å²) in [5.41, 5.74) is 3.55. The lowest BCUT2D eigenvalue weighted by molar-refractivity contribution is 0.122. The third kappa shape index (κ3) is 3.11. The normalized spacial score (nSPS) is 11.7. The number of hydrogen-bond donors (Lipinski definition) is 0. The minimum atomic E-state index is -2.60. The van der Waals surface area contributed by atoms with Crippen LogP contribution in [0.5, 0.6) is 5.75 Å². The molecule has 1 aromatic rings. The fraction of sp³-hybridized carbons (Fsp3) is 0.538. The quantitative estimate of drug-likeness (QED) is 0.743. The molecule has 0 spiro atoms. The van der Waals surface area contributed by atoms with Crippen molar-refractivity contribution in [1.29, 1.82) is 0 Å². The molecule has 5 heteroatoms. The van der Waals surface area contributed by atoms with Crippen molar-refractivity contribution >= 4 is 8.80 Å². The largest absolute Gasteiger partial charge is 0.504 e. The van der Waals surface area contributed by atoms with Gasteiger partial charge in [0.15, 0.2) is 0 Å². The zero-order valence-electron chi connectivity index (χ0n) is 12.0. The van der Waals surface area contributed by atoms with Crippen LogP contribution in [0.2, 0.25) is 0 Å². The van der Waals surface area contributed by atoms with E-state index in [0.29, 0.717) is 6.04 Å². The molecule has 0 heterocycles. The lowest BCUT2D eigenvalue weighted by atomic mass is 10.0. The number of methoxy groups -OCH3 is 1. The molecule has 0 aliphatic rings.